The van der Waals surface area contributed by atoms with Crippen LogP contribution in [0.25, 0.3) is 0 Å². The number of esters is 1. The number of methoxy groups -OCH3 is 1. The van der Waals surface area contributed by atoms with Crippen LogP contribution in [-0.2, 0) is 11.2 Å². The molecule has 1 amide bonds. The maximum Gasteiger partial charge on any atom is 0.339 e. The van der Waals surface area contributed by atoms with Crippen molar-refractivity contribution in [2.45, 2.75) is 52.5 Å². The predicted molar refractivity (Wildman–Crippen MR) is 93.5 cm³/mol. The number of amides is 1. The Hall–Kier alpha value is -1.82. The van der Waals surface area contributed by atoms with Gasteiger partial charge < -0.3 is 19.9 Å². The summed E-state index contributed by atoms with van der Waals surface area (Å²) in [6, 6.07) is 0.194. The number of nitrogens with zero attached hydrogens (tertiary/aromatic N) is 1. The Balaban J connectivity index is 2.05. The Labute approximate surface area is 143 Å². The molecule has 24 heavy (non-hydrogen) atoms. The molecular formula is C18H29N3O3. The zero-order valence-electron chi connectivity index (χ0n) is 15.2. The third-order valence-corrected chi connectivity index (χ3v) is 4.76. The van der Waals surface area contributed by atoms with E-state index in [9.17, 15) is 9.59 Å². The molecule has 134 valence electrons. The van der Waals surface area contributed by atoms with Crippen molar-refractivity contribution < 1.29 is 14.3 Å². The van der Waals surface area contributed by atoms with Crippen molar-refractivity contribution in [3.63, 3.8) is 0 Å². The first kappa shape index (κ1) is 18.5. The molecule has 0 unspecified atom stereocenters. The number of nitrogens with one attached hydrogen (secondary N) is 2. The quantitative estimate of drug-likeness (QED) is 0.782. The number of carbonyl (C=O) groups excluding carboxylic acids is 2. The van der Waals surface area contributed by atoms with E-state index in [0.717, 1.165) is 44.6 Å². The minimum Gasteiger partial charge on any atom is -0.465 e. The normalized spacial score (nSPS) is 16.2. The second kappa shape index (κ2) is 8.33. The van der Waals surface area contributed by atoms with Crippen molar-refractivity contribution in [1.82, 2.24) is 15.2 Å². The molecule has 0 saturated carbocycles. The molecule has 0 radical (unpaired) electrons. The fraction of sp³-hybridized carbons (Fsp3) is 0.667. The number of hydrogen-bond donors (Lipinski definition) is 2. The number of hydrogen-bond acceptors (Lipinski definition) is 4. The number of H-pyrrole nitrogens is 1. The van der Waals surface area contributed by atoms with Crippen molar-refractivity contribution in [3.8, 4) is 0 Å². The highest BCUT2D eigenvalue weighted by molar-refractivity contribution is 6.00. The number of ether oxygens (including phenoxy) is 1. The second-order valence-corrected chi connectivity index (χ2v) is 6.41. The molecule has 0 aromatic carbocycles. The summed E-state index contributed by atoms with van der Waals surface area (Å²) in [5, 5.41) is 3.11. The molecule has 1 fully saturated rings. The molecule has 1 aromatic heterocycles. The van der Waals surface area contributed by atoms with Gasteiger partial charge in [0.15, 0.2) is 0 Å². The van der Waals surface area contributed by atoms with Crippen molar-refractivity contribution in [2.24, 2.45) is 0 Å². The Morgan fingerprint density at radius 2 is 1.96 bits per heavy atom. The summed E-state index contributed by atoms with van der Waals surface area (Å²) in [5.74, 6) is -0.529. The van der Waals surface area contributed by atoms with Crippen LogP contribution < -0.4 is 5.32 Å². The lowest BCUT2D eigenvalue weighted by Crippen LogP contribution is -2.45. The molecular weight excluding hydrogens is 306 g/mol. The SMILES string of the molecule is CCCN1CCC(NC(=O)c2[nH]c(CC)c(C(=O)OC)c2C)CC1. The Morgan fingerprint density at radius 1 is 1.29 bits per heavy atom. The summed E-state index contributed by atoms with van der Waals surface area (Å²) in [5.41, 5.74) is 2.38. The fourth-order valence-corrected chi connectivity index (χ4v) is 3.40. The minimum absolute atomic E-state index is 0.133. The molecule has 6 nitrogen and oxygen atoms in total. The van der Waals surface area contributed by atoms with Crippen LogP contribution in [0.3, 0.4) is 0 Å². The number of aryl methyl sites for hydroxylation is 1. The first-order chi connectivity index (χ1) is 11.5. The summed E-state index contributed by atoms with van der Waals surface area (Å²) in [4.78, 5) is 30.1. The summed E-state index contributed by atoms with van der Waals surface area (Å²) in [7, 11) is 1.36. The van der Waals surface area contributed by atoms with Gasteiger partial charge in [-0.05, 0) is 44.7 Å². The molecule has 0 atom stereocenters. The monoisotopic (exact) mass is 335 g/mol. The molecule has 2 heterocycles. The average molecular weight is 335 g/mol. The number of likely N-dealkylation sites (tertiary alicyclic amines) is 1. The Kier molecular flexibility index (Phi) is 6.43. The van der Waals surface area contributed by atoms with Gasteiger partial charge in [0.05, 0.1) is 12.7 Å². The van der Waals surface area contributed by atoms with Crippen molar-refractivity contribution >= 4 is 11.9 Å². The first-order valence-corrected chi connectivity index (χ1v) is 8.84. The number of aromatic nitrogens is 1. The lowest BCUT2D eigenvalue weighted by atomic mass is 10.0. The number of carbonyl (C=O) groups is 2. The van der Waals surface area contributed by atoms with E-state index in [4.69, 9.17) is 4.74 Å². The molecule has 2 rings (SSSR count). The highest BCUT2D eigenvalue weighted by Crippen LogP contribution is 2.21. The summed E-state index contributed by atoms with van der Waals surface area (Å²) in [6.45, 7) is 9.10. The van der Waals surface area contributed by atoms with Crippen LogP contribution in [-0.4, -0.2) is 54.5 Å². The van der Waals surface area contributed by atoms with E-state index < -0.39 is 5.97 Å². The van der Waals surface area contributed by atoms with Crippen LogP contribution in [0.2, 0.25) is 0 Å². The van der Waals surface area contributed by atoms with Gasteiger partial charge in [0.2, 0.25) is 0 Å². The second-order valence-electron chi connectivity index (χ2n) is 6.41. The average Bonchev–Trinajstić information content (AvgIpc) is 2.93. The van der Waals surface area contributed by atoms with E-state index in [-0.39, 0.29) is 11.9 Å². The highest BCUT2D eigenvalue weighted by Gasteiger charge is 2.26. The van der Waals surface area contributed by atoms with Gasteiger partial charge in [-0.25, -0.2) is 4.79 Å². The Morgan fingerprint density at radius 3 is 2.50 bits per heavy atom. The molecule has 0 aliphatic carbocycles. The minimum atomic E-state index is -0.396. The third-order valence-electron chi connectivity index (χ3n) is 4.76. The standard InChI is InChI=1S/C18H29N3O3/c1-5-9-21-10-7-13(8-11-21)19-17(22)16-12(3)15(18(23)24-4)14(6-2)20-16/h13,20H,5-11H2,1-4H3,(H,19,22). The maximum atomic E-state index is 12.6. The smallest absolute Gasteiger partial charge is 0.339 e. The summed E-state index contributed by atoms with van der Waals surface area (Å²) < 4.78 is 4.84. The molecule has 1 aliphatic rings. The predicted octanol–water partition coefficient (Wildman–Crippen LogP) is 2.28. The molecule has 6 heteroatoms. The zero-order valence-corrected chi connectivity index (χ0v) is 15.2. The molecule has 0 bridgehead atoms. The molecule has 0 spiro atoms. The molecule has 1 aliphatic heterocycles. The lowest BCUT2D eigenvalue weighted by Gasteiger charge is -2.32. The van der Waals surface area contributed by atoms with Crippen molar-refractivity contribution in [2.75, 3.05) is 26.7 Å². The van der Waals surface area contributed by atoms with Crippen LogP contribution in [0.1, 0.15) is 65.2 Å². The van der Waals surface area contributed by atoms with Crippen LogP contribution in [0.5, 0.6) is 0 Å². The van der Waals surface area contributed by atoms with Crippen molar-refractivity contribution in [1.29, 1.82) is 0 Å². The van der Waals surface area contributed by atoms with E-state index >= 15 is 0 Å². The molecule has 2 N–H and O–H groups in total. The van der Waals surface area contributed by atoms with E-state index in [1.54, 1.807) is 6.92 Å². The van der Waals surface area contributed by atoms with Crippen LogP contribution in [0, 0.1) is 6.92 Å². The van der Waals surface area contributed by atoms with Crippen LogP contribution in [0.15, 0.2) is 0 Å². The maximum absolute atomic E-state index is 12.6. The van der Waals surface area contributed by atoms with Gasteiger partial charge in [0, 0.05) is 24.8 Å². The molecule has 1 saturated heterocycles. The highest BCUT2D eigenvalue weighted by atomic mass is 16.5. The first-order valence-electron chi connectivity index (χ1n) is 8.84. The topological polar surface area (TPSA) is 74.4 Å². The van der Waals surface area contributed by atoms with Crippen LogP contribution in [0.4, 0.5) is 0 Å². The van der Waals surface area contributed by atoms with Crippen molar-refractivity contribution in [3.05, 3.63) is 22.5 Å². The van der Waals surface area contributed by atoms with Gasteiger partial charge in [-0.15, -0.1) is 0 Å². The number of aromatic amines is 1. The lowest BCUT2D eigenvalue weighted by molar-refractivity contribution is 0.0599. The summed E-state index contributed by atoms with van der Waals surface area (Å²) in [6.07, 6.45) is 3.74. The van der Waals surface area contributed by atoms with Gasteiger partial charge in [-0.1, -0.05) is 13.8 Å². The Bertz CT molecular complexity index is 587. The number of piperidine rings is 1. The van der Waals surface area contributed by atoms with E-state index in [1.165, 1.54) is 7.11 Å². The third kappa shape index (κ3) is 3.98. The molecule has 1 aromatic rings. The largest absolute Gasteiger partial charge is 0.465 e. The van der Waals surface area contributed by atoms with Gasteiger partial charge in [0.1, 0.15) is 5.69 Å². The van der Waals surface area contributed by atoms with Gasteiger partial charge in [-0.2, -0.15) is 0 Å². The van der Waals surface area contributed by atoms with E-state index in [2.05, 4.69) is 22.1 Å². The summed E-state index contributed by atoms with van der Waals surface area (Å²) >= 11 is 0. The fourth-order valence-electron chi connectivity index (χ4n) is 3.40. The van der Waals surface area contributed by atoms with Gasteiger partial charge in [-0.3, -0.25) is 4.79 Å². The van der Waals surface area contributed by atoms with Gasteiger partial charge >= 0.3 is 5.97 Å². The van der Waals surface area contributed by atoms with Gasteiger partial charge in [0.25, 0.3) is 5.91 Å². The number of rotatable bonds is 6. The van der Waals surface area contributed by atoms with Crippen LogP contribution >= 0.6 is 0 Å². The zero-order chi connectivity index (χ0) is 17.7. The van der Waals surface area contributed by atoms with E-state index in [1.807, 2.05) is 6.92 Å². The van der Waals surface area contributed by atoms with E-state index in [0.29, 0.717) is 23.2 Å².